The Bertz CT molecular complexity index is 1060. The number of carbonyl (C=O) groups excluding carboxylic acids is 1. The molecular weight excluding hydrogens is 378 g/mol. The predicted octanol–water partition coefficient (Wildman–Crippen LogP) is 2.88. The van der Waals surface area contributed by atoms with Gasteiger partial charge in [-0.05, 0) is 66.3 Å². The summed E-state index contributed by atoms with van der Waals surface area (Å²) in [5, 5.41) is 14.6. The quantitative estimate of drug-likeness (QED) is 0.727. The second-order valence-electron chi connectivity index (χ2n) is 8.16. The van der Waals surface area contributed by atoms with Crippen LogP contribution in [0.15, 0.2) is 54.9 Å². The Morgan fingerprint density at radius 1 is 1.23 bits per heavy atom. The van der Waals surface area contributed by atoms with Crippen LogP contribution < -0.4 is 0 Å². The van der Waals surface area contributed by atoms with Crippen LogP contribution in [-0.2, 0) is 17.7 Å². The number of carbonyl (C=O) groups is 1. The van der Waals surface area contributed by atoms with Crippen LogP contribution in [-0.4, -0.2) is 51.1 Å². The number of ether oxygens (including phenoxy) is 1. The zero-order valence-corrected chi connectivity index (χ0v) is 17.0. The highest BCUT2D eigenvalue weighted by Crippen LogP contribution is 2.30. The minimum Gasteiger partial charge on any atom is -0.391 e. The average Bonchev–Trinajstić information content (AvgIpc) is 3.39. The Hall–Kier alpha value is -2.96. The van der Waals surface area contributed by atoms with E-state index < -0.39 is 6.10 Å². The summed E-state index contributed by atoms with van der Waals surface area (Å²) in [6.45, 7) is 3.59. The summed E-state index contributed by atoms with van der Waals surface area (Å²) in [7, 11) is 0. The molecule has 154 valence electrons. The third kappa shape index (κ3) is 3.42. The first-order valence-electron chi connectivity index (χ1n) is 10.4. The van der Waals surface area contributed by atoms with E-state index in [0.717, 1.165) is 28.8 Å². The fourth-order valence-corrected chi connectivity index (χ4v) is 4.43. The van der Waals surface area contributed by atoms with Gasteiger partial charge in [0.15, 0.2) is 0 Å². The van der Waals surface area contributed by atoms with Crippen molar-refractivity contribution >= 4 is 5.91 Å². The van der Waals surface area contributed by atoms with Gasteiger partial charge in [0.2, 0.25) is 0 Å². The largest absolute Gasteiger partial charge is 0.391 e. The lowest BCUT2D eigenvalue weighted by Crippen LogP contribution is -2.49. The van der Waals surface area contributed by atoms with Crippen LogP contribution in [0.4, 0.5) is 0 Å². The summed E-state index contributed by atoms with van der Waals surface area (Å²) in [4.78, 5) is 14.9. The second-order valence-corrected chi connectivity index (χ2v) is 8.16. The second kappa shape index (κ2) is 7.70. The molecule has 6 heteroatoms. The monoisotopic (exact) mass is 403 g/mol. The van der Waals surface area contributed by atoms with Crippen molar-refractivity contribution in [1.29, 1.82) is 0 Å². The smallest absolute Gasteiger partial charge is 0.254 e. The van der Waals surface area contributed by atoms with E-state index >= 15 is 0 Å². The zero-order chi connectivity index (χ0) is 20.7. The molecule has 2 unspecified atom stereocenters. The summed E-state index contributed by atoms with van der Waals surface area (Å²) in [5.74, 6) is -0.00479. The van der Waals surface area contributed by atoms with Crippen molar-refractivity contribution in [2.45, 2.75) is 38.5 Å². The highest BCUT2D eigenvalue weighted by Gasteiger charge is 2.38. The van der Waals surface area contributed by atoms with Crippen molar-refractivity contribution in [1.82, 2.24) is 14.7 Å². The zero-order valence-electron chi connectivity index (χ0n) is 17.0. The van der Waals surface area contributed by atoms with Gasteiger partial charge in [-0.2, -0.15) is 5.10 Å². The maximum Gasteiger partial charge on any atom is 0.254 e. The van der Waals surface area contributed by atoms with Crippen LogP contribution in [0.25, 0.3) is 5.69 Å². The number of amides is 1. The Morgan fingerprint density at radius 2 is 2.07 bits per heavy atom. The fourth-order valence-electron chi connectivity index (χ4n) is 4.43. The van der Waals surface area contributed by atoms with Crippen molar-refractivity contribution < 1.29 is 14.6 Å². The molecule has 30 heavy (non-hydrogen) atoms. The molecule has 1 aromatic heterocycles. The Kier molecular flexibility index (Phi) is 4.89. The van der Waals surface area contributed by atoms with Crippen LogP contribution in [0.3, 0.4) is 0 Å². The molecule has 6 nitrogen and oxygen atoms in total. The first-order chi connectivity index (χ1) is 14.6. The van der Waals surface area contributed by atoms with Gasteiger partial charge in [0.05, 0.1) is 24.4 Å². The number of benzene rings is 2. The first-order valence-corrected chi connectivity index (χ1v) is 10.4. The molecule has 2 aromatic carbocycles. The van der Waals surface area contributed by atoms with Crippen LogP contribution >= 0.6 is 0 Å². The summed E-state index contributed by atoms with van der Waals surface area (Å²) in [5.41, 5.74) is 6.33. The van der Waals surface area contributed by atoms with Crippen molar-refractivity contribution in [2.24, 2.45) is 0 Å². The molecule has 1 N–H and O–H groups in total. The third-order valence-corrected chi connectivity index (χ3v) is 6.18. The van der Waals surface area contributed by atoms with Crippen molar-refractivity contribution in [3.63, 3.8) is 0 Å². The Morgan fingerprint density at radius 3 is 2.80 bits per heavy atom. The standard InChI is InChI=1S/C24H25N3O3/c1-16-11-19-14-26(22-15-30-10-7-23(22)28)24(29)21(19)13-18(16)12-17-3-5-20(6-4-17)27-9-2-8-25-27/h2-6,8-9,11,13,22-23,28H,7,10,12,14-15H2,1H3. The molecular formula is C24H25N3O3. The number of hydrogen-bond acceptors (Lipinski definition) is 4. The van der Waals surface area contributed by atoms with Gasteiger partial charge in [-0.25, -0.2) is 4.68 Å². The number of aliphatic hydroxyl groups is 1. The lowest BCUT2D eigenvalue weighted by atomic mass is 9.95. The molecule has 0 radical (unpaired) electrons. The molecule has 2 aliphatic heterocycles. The number of aryl methyl sites for hydroxylation is 1. The highest BCUT2D eigenvalue weighted by molar-refractivity contribution is 5.99. The molecule has 1 fully saturated rings. The van der Waals surface area contributed by atoms with Gasteiger partial charge >= 0.3 is 0 Å². The van der Waals surface area contributed by atoms with Crippen molar-refractivity contribution in [3.05, 3.63) is 82.7 Å². The van der Waals surface area contributed by atoms with E-state index in [9.17, 15) is 9.90 Å². The Labute approximate surface area is 175 Å². The molecule has 3 heterocycles. The lowest BCUT2D eigenvalue weighted by molar-refractivity contribution is -0.0528. The van der Waals surface area contributed by atoms with Gasteiger partial charge in [0.1, 0.15) is 0 Å². The Balaban J connectivity index is 1.37. The van der Waals surface area contributed by atoms with Gasteiger partial charge in [-0.3, -0.25) is 4.79 Å². The van der Waals surface area contributed by atoms with Crippen LogP contribution in [0, 0.1) is 6.92 Å². The average molecular weight is 403 g/mol. The maximum absolute atomic E-state index is 13.1. The molecule has 2 aliphatic rings. The molecule has 0 bridgehead atoms. The highest BCUT2D eigenvalue weighted by atomic mass is 16.5. The molecule has 0 aliphatic carbocycles. The molecule has 5 rings (SSSR count). The number of aliphatic hydroxyl groups excluding tert-OH is 1. The van der Waals surface area contributed by atoms with Gasteiger partial charge < -0.3 is 14.7 Å². The number of fused-ring (bicyclic) bond motifs is 1. The van der Waals surface area contributed by atoms with E-state index in [-0.39, 0.29) is 11.9 Å². The van der Waals surface area contributed by atoms with Crippen molar-refractivity contribution in [3.8, 4) is 5.69 Å². The van der Waals surface area contributed by atoms with Crippen LogP contribution in [0.5, 0.6) is 0 Å². The summed E-state index contributed by atoms with van der Waals surface area (Å²) < 4.78 is 7.35. The van der Waals surface area contributed by atoms with Crippen molar-refractivity contribution in [2.75, 3.05) is 13.2 Å². The SMILES string of the molecule is Cc1cc2c(cc1Cc1ccc(-n3cccn3)cc1)C(=O)N(C1COCCC1O)C2. The van der Waals surface area contributed by atoms with E-state index in [4.69, 9.17) is 4.74 Å². The van der Waals surface area contributed by atoms with Gasteiger partial charge in [-0.1, -0.05) is 18.2 Å². The lowest BCUT2D eigenvalue weighted by Gasteiger charge is -2.34. The number of hydrogen-bond donors (Lipinski definition) is 1. The van der Waals surface area contributed by atoms with Gasteiger partial charge in [0.25, 0.3) is 5.91 Å². The van der Waals surface area contributed by atoms with Gasteiger partial charge in [0, 0.05) is 31.1 Å². The molecule has 0 spiro atoms. The minimum absolute atomic E-state index is 0.00479. The van der Waals surface area contributed by atoms with Crippen LogP contribution in [0.1, 0.15) is 39.0 Å². The number of rotatable bonds is 4. The number of aromatic nitrogens is 2. The summed E-state index contributed by atoms with van der Waals surface area (Å²) in [6, 6.07) is 14.1. The maximum atomic E-state index is 13.1. The van der Waals surface area contributed by atoms with Crippen LogP contribution in [0.2, 0.25) is 0 Å². The van der Waals surface area contributed by atoms with E-state index in [1.54, 1.807) is 11.1 Å². The topological polar surface area (TPSA) is 67.6 Å². The normalized spacial score (nSPS) is 21.1. The third-order valence-electron chi connectivity index (χ3n) is 6.18. The molecule has 1 amide bonds. The first kappa shape index (κ1) is 19.0. The van der Waals surface area contributed by atoms with E-state index in [2.05, 4.69) is 42.4 Å². The molecule has 3 aromatic rings. The van der Waals surface area contributed by atoms with E-state index in [1.807, 2.05) is 23.0 Å². The predicted molar refractivity (Wildman–Crippen MR) is 113 cm³/mol. The molecule has 0 saturated carbocycles. The molecule has 2 atom stereocenters. The summed E-state index contributed by atoms with van der Waals surface area (Å²) >= 11 is 0. The number of nitrogens with zero attached hydrogens (tertiary/aromatic N) is 3. The summed E-state index contributed by atoms with van der Waals surface area (Å²) in [6.07, 6.45) is 4.50. The fraction of sp³-hybridized carbons (Fsp3) is 0.333. The molecule has 1 saturated heterocycles. The van der Waals surface area contributed by atoms with E-state index in [0.29, 0.717) is 26.2 Å². The minimum atomic E-state index is -0.522. The van der Waals surface area contributed by atoms with E-state index in [1.165, 1.54) is 11.1 Å². The van der Waals surface area contributed by atoms with Gasteiger partial charge in [-0.15, -0.1) is 0 Å².